The summed E-state index contributed by atoms with van der Waals surface area (Å²) in [6, 6.07) is 16.5. The molecule has 0 fully saturated rings. The minimum absolute atomic E-state index is 0.188. The predicted octanol–water partition coefficient (Wildman–Crippen LogP) is 3.32. The van der Waals surface area contributed by atoms with Gasteiger partial charge in [-0.2, -0.15) is 5.10 Å². The van der Waals surface area contributed by atoms with Crippen LogP contribution in [-0.4, -0.2) is 30.6 Å². The Bertz CT molecular complexity index is 1470. The fourth-order valence-electron chi connectivity index (χ4n) is 3.29. The molecule has 0 bridgehead atoms. The molecule has 0 aliphatic rings. The number of aryl methyl sites for hydroxylation is 1. The lowest BCUT2D eigenvalue weighted by Crippen LogP contribution is -2.16. The molecule has 5 rings (SSSR count). The van der Waals surface area contributed by atoms with E-state index in [2.05, 4.69) is 25.4 Å². The zero-order valence-corrected chi connectivity index (χ0v) is 16.4. The fourth-order valence-corrected chi connectivity index (χ4v) is 3.29. The summed E-state index contributed by atoms with van der Waals surface area (Å²) < 4.78 is 7.20. The fraction of sp³-hybridized carbons (Fsp3) is 0.0455. The Morgan fingerprint density at radius 3 is 2.71 bits per heavy atom. The summed E-state index contributed by atoms with van der Waals surface area (Å²) in [5.74, 6) is 0.364. The van der Waals surface area contributed by atoms with Gasteiger partial charge >= 0.3 is 0 Å². The highest BCUT2D eigenvalue weighted by Crippen LogP contribution is 2.25. The van der Waals surface area contributed by atoms with E-state index in [0.717, 1.165) is 5.56 Å². The molecule has 0 spiro atoms. The molecular formula is C22H16N6O3. The average Bonchev–Trinajstić information content (AvgIpc) is 3.39. The molecule has 9 heteroatoms. The van der Waals surface area contributed by atoms with Gasteiger partial charge < -0.3 is 14.7 Å². The van der Waals surface area contributed by atoms with Crippen LogP contribution < -0.4 is 10.9 Å². The number of aromatic amines is 1. The number of benzene rings is 2. The van der Waals surface area contributed by atoms with Crippen molar-refractivity contribution in [2.24, 2.45) is 0 Å². The SMILES string of the molecule is Cc1oc(-c2ccccc2)nc1C(=O)Nc1ccccc1-n1ncc2c(=O)[nH]cnc21. The van der Waals surface area contributed by atoms with Crippen molar-refractivity contribution in [2.45, 2.75) is 6.92 Å². The number of nitrogens with one attached hydrogen (secondary N) is 2. The summed E-state index contributed by atoms with van der Waals surface area (Å²) in [5, 5.41) is 7.49. The molecule has 0 saturated carbocycles. The van der Waals surface area contributed by atoms with Crippen LogP contribution in [0.4, 0.5) is 5.69 Å². The maximum Gasteiger partial charge on any atom is 0.277 e. The molecular weight excluding hydrogens is 396 g/mol. The van der Waals surface area contributed by atoms with E-state index in [-0.39, 0.29) is 11.3 Å². The molecule has 31 heavy (non-hydrogen) atoms. The van der Waals surface area contributed by atoms with E-state index < -0.39 is 5.91 Å². The number of rotatable bonds is 4. The Kier molecular flexibility index (Phi) is 4.40. The number of fused-ring (bicyclic) bond motifs is 1. The maximum absolute atomic E-state index is 13.0. The van der Waals surface area contributed by atoms with E-state index in [0.29, 0.717) is 34.1 Å². The zero-order valence-electron chi connectivity index (χ0n) is 16.4. The molecule has 0 atom stereocenters. The smallest absolute Gasteiger partial charge is 0.277 e. The molecule has 0 unspecified atom stereocenters. The van der Waals surface area contributed by atoms with E-state index in [4.69, 9.17) is 4.42 Å². The Hall–Kier alpha value is -4.53. The number of anilines is 1. The van der Waals surface area contributed by atoms with Crippen LogP contribution in [0.2, 0.25) is 0 Å². The summed E-state index contributed by atoms with van der Waals surface area (Å²) in [5.41, 5.74) is 2.12. The minimum Gasteiger partial charge on any atom is -0.441 e. The first-order valence-corrected chi connectivity index (χ1v) is 9.47. The molecule has 0 aliphatic heterocycles. The largest absolute Gasteiger partial charge is 0.441 e. The van der Waals surface area contributed by atoms with Gasteiger partial charge in [-0.25, -0.2) is 14.6 Å². The van der Waals surface area contributed by atoms with Gasteiger partial charge in [0.05, 0.1) is 23.9 Å². The number of oxazole rings is 1. The van der Waals surface area contributed by atoms with Crippen LogP contribution in [0.15, 0.2) is 76.3 Å². The lowest BCUT2D eigenvalue weighted by Gasteiger charge is -2.10. The molecule has 3 heterocycles. The monoisotopic (exact) mass is 412 g/mol. The maximum atomic E-state index is 13.0. The van der Waals surface area contributed by atoms with Crippen molar-refractivity contribution in [3.05, 3.63) is 88.9 Å². The summed E-state index contributed by atoms with van der Waals surface area (Å²) in [4.78, 5) is 36.1. The van der Waals surface area contributed by atoms with Gasteiger partial charge in [-0.05, 0) is 31.2 Å². The van der Waals surface area contributed by atoms with Gasteiger partial charge in [-0.15, -0.1) is 0 Å². The van der Waals surface area contributed by atoms with Crippen LogP contribution in [0.5, 0.6) is 0 Å². The molecule has 2 aromatic carbocycles. The van der Waals surface area contributed by atoms with Gasteiger partial charge in [-0.1, -0.05) is 30.3 Å². The van der Waals surface area contributed by atoms with Crippen molar-refractivity contribution in [3.63, 3.8) is 0 Å². The highest BCUT2D eigenvalue weighted by Gasteiger charge is 2.20. The zero-order chi connectivity index (χ0) is 21.4. The third-order valence-electron chi connectivity index (χ3n) is 4.78. The minimum atomic E-state index is -0.418. The van der Waals surface area contributed by atoms with Crippen molar-refractivity contribution < 1.29 is 9.21 Å². The third-order valence-corrected chi connectivity index (χ3v) is 4.78. The lowest BCUT2D eigenvalue weighted by molar-refractivity contribution is 0.102. The van der Waals surface area contributed by atoms with Crippen molar-refractivity contribution in [2.75, 3.05) is 5.32 Å². The quantitative estimate of drug-likeness (QED) is 0.467. The van der Waals surface area contributed by atoms with Gasteiger partial charge in [-0.3, -0.25) is 9.59 Å². The Morgan fingerprint density at radius 2 is 1.87 bits per heavy atom. The summed E-state index contributed by atoms with van der Waals surface area (Å²) >= 11 is 0. The molecule has 0 radical (unpaired) electrons. The van der Waals surface area contributed by atoms with Crippen molar-refractivity contribution in [1.29, 1.82) is 0 Å². The molecule has 152 valence electrons. The van der Waals surface area contributed by atoms with Crippen LogP contribution in [0, 0.1) is 6.92 Å². The Morgan fingerprint density at radius 1 is 1.10 bits per heavy atom. The Labute approximate surface area is 175 Å². The molecule has 9 nitrogen and oxygen atoms in total. The van der Waals surface area contributed by atoms with Gasteiger partial charge in [0.1, 0.15) is 11.1 Å². The lowest BCUT2D eigenvalue weighted by atomic mass is 10.2. The molecule has 0 saturated heterocycles. The third kappa shape index (κ3) is 3.27. The van der Waals surface area contributed by atoms with Crippen molar-refractivity contribution in [1.82, 2.24) is 24.7 Å². The first kappa shape index (κ1) is 18.5. The molecule has 5 aromatic rings. The van der Waals surface area contributed by atoms with Crippen LogP contribution in [0.3, 0.4) is 0 Å². The topological polar surface area (TPSA) is 119 Å². The molecule has 1 amide bonds. The number of para-hydroxylation sites is 2. The number of aromatic nitrogens is 5. The number of hydrogen-bond acceptors (Lipinski definition) is 6. The van der Waals surface area contributed by atoms with E-state index >= 15 is 0 Å². The van der Waals surface area contributed by atoms with E-state index in [1.54, 1.807) is 31.2 Å². The number of carbonyl (C=O) groups excluding carboxylic acids is 1. The summed E-state index contributed by atoms with van der Waals surface area (Å²) in [6.45, 7) is 1.69. The first-order chi connectivity index (χ1) is 15.1. The highest BCUT2D eigenvalue weighted by molar-refractivity contribution is 6.05. The number of amides is 1. The highest BCUT2D eigenvalue weighted by atomic mass is 16.4. The van der Waals surface area contributed by atoms with Crippen molar-refractivity contribution >= 4 is 22.6 Å². The van der Waals surface area contributed by atoms with Crippen LogP contribution in [-0.2, 0) is 0 Å². The van der Waals surface area contributed by atoms with Gasteiger partial charge in [0.25, 0.3) is 11.5 Å². The summed E-state index contributed by atoms with van der Waals surface area (Å²) in [6.07, 6.45) is 2.75. The standard InChI is InChI=1S/C22H16N6O3/c1-13-18(27-22(31-13)14-7-3-2-4-8-14)21(30)26-16-9-5-6-10-17(16)28-19-15(11-25-28)20(29)24-12-23-19/h2-12H,1H3,(H,26,30)(H,23,24,29). The number of hydrogen-bond donors (Lipinski definition) is 2. The average molecular weight is 412 g/mol. The second-order valence-corrected chi connectivity index (χ2v) is 6.79. The van der Waals surface area contributed by atoms with Gasteiger partial charge in [0.15, 0.2) is 11.3 Å². The second-order valence-electron chi connectivity index (χ2n) is 6.79. The number of carbonyl (C=O) groups is 1. The van der Waals surface area contributed by atoms with E-state index in [1.807, 2.05) is 30.3 Å². The van der Waals surface area contributed by atoms with Crippen LogP contribution in [0.25, 0.3) is 28.2 Å². The number of H-pyrrole nitrogens is 1. The van der Waals surface area contributed by atoms with Gasteiger partial charge in [0, 0.05) is 5.56 Å². The molecule has 2 N–H and O–H groups in total. The predicted molar refractivity (Wildman–Crippen MR) is 114 cm³/mol. The van der Waals surface area contributed by atoms with E-state index in [1.165, 1.54) is 17.2 Å². The number of nitrogens with zero attached hydrogens (tertiary/aromatic N) is 4. The Balaban J connectivity index is 1.51. The van der Waals surface area contributed by atoms with E-state index in [9.17, 15) is 9.59 Å². The molecule has 0 aliphatic carbocycles. The van der Waals surface area contributed by atoms with Crippen molar-refractivity contribution in [3.8, 4) is 17.1 Å². The molecule has 3 aromatic heterocycles. The van der Waals surface area contributed by atoms with Gasteiger partial charge in [0.2, 0.25) is 5.89 Å². The normalized spacial score (nSPS) is 11.0. The summed E-state index contributed by atoms with van der Waals surface area (Å²) in [7, 11) is 0. The van der Waals surface area contributed by atoms with Crippen LogP contribution >= 0.6 is 0 Å². The first-order valence-electron chi connectivity index (χ1n) is 9.47. The van der Waals surface area contributed by atoms with Crippen LogP contribution in [0.1, 0.15) is 16.2 Å². The second kappa shape index (κ2) is 7.38.